The first kappa shape index (κ1) is 18.7. The molecule has 0 bridgehead atoms. The van der Waals surface area contributed by atoms with Gasteiger partial charge in [-0.3, -0.25) is 4.79 Å². The fourth-order valence-electron chi connectivity index (χ4n) is 3.27. The first-order valence-corrected chi connectivity index (χ1v) is 9.13. The molecule has 0 aromatic heterocycles. The quantitative estimate of drug-likeness (QED) is 0.802. The van der Waals surface area contributed by atoms with Crippen molar-refractivity contribution >= 4 is 11.5 Å². The lowest BCUT2D eigenvalue weighted by molar-refractivity contribution is -0.123. The predicted octanol–water partition coefficient (Wildman–Crippen LogP) is 3.94. The molecular weight excluding hydrogens is 296 g/mol. The molecule has 1 N–H and O–H groups in total. The zero-order valence-electron chi connectivity index (χ0n) is 15.9. The molecule has 3 heteroatoms. The Morgan fingerprint density at radius 2 is 2.04 bits per heavy atom. The molecule has 1 amide bonds. The molecule has 0 saturated heterocycles. The van der Waals surface area contributed by atoms with Gasteiger partial charge in [0.05, 0.1) is 0 Å². The van der Waals surface area contributed by atoms with Crippen molar-refractivity contribution in [1.29, 1.82) is 0 Å². The van der Waals surface area contributed by atoms with E-state index in [4.69, 9.17) is 0 Å². The van der Waals surface area contributed by atoms with Crippen LogP contribution in [0.5, 0.6) is 0 Å². The fraction of sp³-hybridized carbons (Fsp3) is 0.571. The minimum Gasteiger partial charge on any atom is -0.356 e. The van der Waals surface area contributed by atoms with E-state index in [1.54, 1.807) is 5.57 Å². The van der Waals surface area contributed by atoms with E-state index in [1.165, 1.54) is 22.3 Å². The Kier molecular flexibility index (Phi) is 6.61. The summed E-state index contributed by atoms with van der Waals surface area (Å²) in [5.41, 5.74) is 7.15. The number of hydrogen-bond donors (Lipinski definition) is 1. The standard InChI is InChI=1S/C21H32N2O/c1-15(2)21(24)22-11-6-7-18-10-12-23(5)14-20(18)19-13-16(3)8-9-17(19)4/h8-9,13,15H,6-7,10-12,14H2,1-5H3,(H,22,24). The van der Waals surface area contributed by atoms with Gasteiger partial charge in [0, 0.05) is 25.6 Å². The summed E-state index contributed by atoms with van der Waals surface area (Å²) in [6.45, 7) is 11.2. The molecule has 0 aliphatic carbocycles. The molecule has 0 unspecified atom stereocenters. The van der Waals surface area contributed by atoms with E-state index in [1.807, 2.05) is 13.8 Å². The number of aryl methyl sites for hydroxylation is 2. The monoisotopic (exact) mass is 328 g/mol. The van der Waals surface area contributed by atoms with Gasteiger partial charge in [0.25, 0.3) is 0 Å². The topological polar surface area (TPSA) is 32.3 Å². The zero-order chi connectivity index (χ0) is 17.7. The van der Waals surface area contributed by atoms with Gasteiger partial charge < -0.3 is 10.2 Å². The third kappa shape index (κ3) is 4.94. The maximum atomic E-state index is 11.7. The van der Waals surface area contributed by atoms with Gasteiger partial charge in [-0.05, 0) is 56.9 Å². The molecule has 0 radical (unpaired) electrons. The summed E-state index contributed by atoms with van der Waals surface area (Å²) >= 11 is 0. The second-order valence-corrected chi connectivity index (χ2v) is 7.44. The number of hydrogen-bond acceptors (Lipinski definition) is 2. The second kappa shape index (κ2) is 8.48. The lowest BCUT2D eigenvalue weighted by Gasteiger charge is -2.29. The van der Waals surface area contributed by atoms with Gasteiger partial charge in [-0.15, -0.1) is 0 Å². The Hall–Kier alpha value is -1.61. The molecule has 3 nitrogen and oxygen atoms in total. The summed E-state index contributed by atoms with van der Waals surface area (Å²) in [5.74, 6) is 0.222. The molecule has 1 aromatic carbocycles. The van der Waals surface area contributed by atoms with Crippen LogP contribution in [0.4, 0.5) is 0 Å². The van der Waals surface area contributed by atoms with E-state index in [9.17, 15) is 4.79 Å². The van der Waals surface area contributed by atoms with Gasteiger partial charge in [0.15, 0.2) is 0 Å². The summed E-state index contributed by atoms with van der Waals surface area (Å²) < 4.78 is 0. The first-order chi connectivity index (χ1) is 11.4. The third-order valence-electron chi connectivity index (χ3n) is 4.85. The molecule has 1 aliphatic heterocycles. The third-order valence-corrected chi connectivity index (χ3v) is 4.85. The van der Waals surface area contributed by atoms with Gasteiger partial charge in [0.1, 0.15) is 0 Å². The Morgan fingerprint density at radius 1 is 1.29 bits per heavy atom. The molecule has 24 heavy (non-hydrogen) atoms. The van der Waals surface area contributed by atoms with Crippen molar-refractivity contribution in [3.05, 3.63) is 40.5 Å². The van der Waals surface area contributed by atoms with E-state index in [2.05, 4.69) is 49.3 Å². The normalized spacial score (nSPS) is 15.9. The molecule has 0 atom stereocenters. The molecule has 2 rings (SSSR count). The highest BCUT2D eigenvalue weighted by atomic mass is 16.1. The van der Waals surface area contributed by atoms with Crippen LogP contribution in [0.15, 0.2) is 23.8 Å². The van der Waals surface area contributed by atoms with Crippen LogP contribution in [-0.4, -0.2) is 37.5 Å². The van der Waals surface area contributed by atoms with Gasteiger partial charge in [-0.2, -0.15) is 0 Å². The van der Waals surface area contributed by atoms with E-state index >= 15 is 0 Å². The van der Waals surface area contributed by atoms with Gasteiger partial charge in [0.2, 0.25) is 5.91 Å². The molecule has 132 valence electrons. The van der Waals surface area contributed by atoms with Crippen molar-refractivity contribution in [3.63, 3.8) is 0 Å². The summed E-state index contributed by atoms with van der Waals surface area (Å²) in [7, 11) is 2.20. The van der Waals surface area contributed by atoms with Crippen molar-refractivity contribution in [2.24, 2.45) is 5.92 Å². The maximum absolute atomic E-state index is 11.7. The van der Waals surface area contributed by atoms with E-state index in [0.717, 1.165) is 38.9 Å². The van der Waals surface area contributed by atoms with E-state index in [-0.39, 0.29) is 11.8 Å². The number of carbonyl (C=O) groups excluding carboxylic acids is 1. The molecule has 0 saturated carbocycles. The molecule has 1 aliphatic rings. The van der Waals surface area contributed by atoms with Crippen LogP contribution in [0.25, 0.3) is 5.57 Å². The van der Waals surface area contributed by atoms with E-state index < -0.39 is 0 Å². The lowest BCUT2D eigenvalue weighted by Crippen LogP contribution is -2.29. The zero-order valence-corrected chi connectivity index (χ0v) is 15.9. The summed E-state index contributed by atoms with van der Waals surface area (Å²) in [6.07, 6.45) is 3.23. The summed E-state index contributed by atoms with van der Waals surface area (Å²) in [6, 6.07) is 6.74. The highest BCUT2D eigenvalue weighted by Crippen LogP contribution is 2.31. The van der Waals surface area contributed by atoms with Crippen molar-refractivity contribution in [2.75, 3.05) is 26.7 Å². The van der Waals surface area contributed by atoms with Crippen LogP contribution in [0, 0.1) is 19.8 Å². The Balaban J connectivity index is 2.11. The summed E-state index contributed by atoms with van der Waals surface area (Å²) in [4.78, 5) is 14.1. The Labute approximate surface area is 147 Å². The fourth-order valence-corrected chi connectivity index (χ4v) is 3.27. The highest BCUT2D eigenvalue weighted by Gasteiger charge is 2.19. The number of rotatable bonds is 6. The number of benzene rings is 1. The molecule has 0 fully saturated rings. The van der Waals surface area contributed by atoms with Gasteiger partial charge >= 0.3 is 0 Å². The summed E-state index contributed by atoms with van der Waals surface area (Å²) in [5, 5.41) is 3.03. The maximum Gasteiger partial charge on any atom is 0.222 e. The van der Waals surface area contributed by atoms with Crippen molar-refractivity contribution in [2.45, 2.75) is 47.0 Å². The van der Waals surface area contributed by atoms with Crippen LogP contribution in [-0.2, 0) is 4.79 Å². The number of nitrogens with one attached hydrogen (secondary N) is 1. The SMILES string of the molecule is Cc1ccc(C)c(C2=C(CCCNC(=O)C(C)C)CCN(C)C2)c1. The predicted molar refractivity (Wildman–Crippen MR) is 102 cm³/mol. The van der Waals surface area contributed by atoms with E-state index in [0.29, 0.717) is 0 Å². The molecular formula is C21H32N2O. The lowest BCUT2D eigenvalue weighted by atomic mass is 9.88. The first-order valence-electron chi connectivity index (χ1n) is 9.13. The minimum atomic E-state index is 0.0676. The number of amides is 1. The second-order valence-electron chi connectivity index (χ2n) is 7.44. The average molecular weight is 329 g/mol. The van der Waals surface area contributed by atoms with Crippen LogP contribution in [0.3, 0.4) is 0 Å². The number of carbonyl (C=O) groups is 1. The smallest absolute Gasteiger partial charge is 0.222 e. The Bertz CT molecular complexity index is 616. The highest BCUT2D eigenvalue weighted by molar-refractivity contribution is 5.77. The van der Waals surface area contributed by atoms with Gasteiger partial charge in [-0.1, -0.05) is 43.2 Å². The molecule has 1 heterocycles. The largest absolute Gasteiger partial charge is 0.356 e. The van der Waals surface area contributed by atoms with Crippen molar-refractivity contribution < 1.29 is 4.79 Å². The van der Waals surface area contributed by atoms with Crippen LogP contribution >= 0.6 is 0 Å². The minimum absolute atomic E-state index is 0.0676. The van der Waals surface area contributed by atoms with Crippen molar-refractivity contribution in [3.8, 4) is 0 Å². The number of nitrogens with zero attached hydrogens (tertiary/aromatic N) is 1. The van der Waals surface area contributed by atoms with Crippen LogP contribution < -0.4 is 5.32 Å². The average Bonchev–Trinajstić information content (AvgIpc) is 2.54. The molecule has 1 aromatic rings. The molecule has 0 spiro atoms. The van der Waals surface area contributed by atoms with Crippen LogP contribution in [0.1, 0.15) is 49.8 Å². The number of likely N-dealkylation sites (N-methyl/N-ethyl adjacent to an activating group) is 1. The van der Waals surface area contributed by atoms with Crippen LogP contribution in [0.2, 0.25) is 0 Å². The Morgan fingerprint density at radius 3 is 2.75 bits per heavy atom. The van der Waals surface area contributed by atoms with Crippen molar-refractivity contribution in [1.82, 2.24) is 10.2 Å². The van der Waals surface area contributed by atoms with Gasteiger partial charge in [-0.25, -0.2) is 0 Å².